The number of nitrogens with zero attached hydrogens (tertiary/aromatic N) is 1. The third-order valence-corrected chi connectivity index (χ3v) is 6.01. The predicted molar refractivity (Wildman–Crippen MR) is 111 cm³/mol. The second-order valence-electron chi connectivity index (χ2n) is 6.93. The molecule has 0 radical (unpaired) electrons. The quantitative estimate of drug-likeness (QED) is 0.534. The maximum absolute atomic E-state index is 13.2. The van der Waals surface area contributed by atoms with Crippen LogP contribution in [-0.4, -0.2) is 20.6 Å². The predicted octanol–water partition coefficient (Wildman–Crippen LogP) is 3.68. The SMILES string of the molecule is Cc1ccc(-c2c(C)sc3[nH]c(=O)n(Cc4ccc(C(=O)O)o4)c(=O)c23)cc1C. The van der Waals surface area contributed by atoms with Gasteiger partial charge in [-0.05, 0) is 49.6 Å². The maximum Gasteiger partial charge on any atom is 0.371 e. The van der Waals surface area contributed by atoms with Crippen LogP contribution in [0.3, 0.4) is 0 Å². The number of benzene rings is 1. The van der Waals surface area contributed by atoms with Crippen LogP contribution in [0.2, 0.25) is 0 Å². The normalized spacial score (nSPS) is 11.3. The van der Waals surface area contributed by atoms with Crippen LogP contribution in [0.1, 0.15) is 32.3 Å². The third-order valence-electron chi connectivity index (χ3n) is 4.99. The Bertz CT molecular complexity index is 1390. The van der Waals surface area contributed by atoms with E-state index in [2.05, 4.69) is 4.98 Å². The molecule has 7 nitrogen and oxygen atoms in total. The summed E-state index contributed by atoms with van der Waals surface area (Å²) in [7, 11) is 0. The number of rotatable bonds is 4. The van der Waals surface area contributed by atoms with Gasteiger partial charge in [-0.25, -0.2) is 9.59 Å². The summed E-state index contributed by atoms with van der Waals surface area (Å²) < 4.78 is 6.24. The Balaban J connectivity index is 1.91. The number of carboxylic acid groups (broad SMARTS) is 1. The van der Waals surface area contributed by atoms with E-state index >= 15 is 0 Å². The van der Waals surface area contributed by atoms with E-state index in [4.69, 9.17) is 9.52 Å². The molecule has 2 N–H and O–H groups in total. The third kappa shape index (κ3) is 3.21. The molecule has 8 heteroatoms. The van der Waals surface area contributed by atoms with Gasteiger partial charge in [-0.2, -0.15) is 0 Å². The topological polar surface area (TPSA) is 105 Å². The van der Waals surface area contributed by atoms with Crippen molar-refractivity contribution in [3.05, 3.63) is 78.7 Å². The number of hydrogen-bond acceptors (Lipinski definition) is 5. The van der Waals surface area contributed by atoms with Crippen LogP contribution in [-0.2, 0) is 6.54 Å². The zero-order valence-corrected chi connectivity index (χ0v) is 16.8. The van der Waals surface area contributed by atoms with E-state index in [1.54, 1.807) is 0 Å². The van der Waals surface area contributed by atoms with Crippen molar-refractivity contribution in [3.8, 4) is 11.1 Å². The lowest BCUT2D eigenvalue weighted by Gasteiger charge is -2.07. The first-order chi connectivity index (χ1) is 13.8. The van der Waals surface area contributed by atoms with Gasteiger partial charge in [0.15, 0.2) is 0 Å². The van der Waals surface area contributed by atoms with E-state index in [-0.39, 0.29) is 18.1 Å². The molecule has 4 rings (SSSR count). The maximum atomic E-state index is 13.2. The van der Waals surface area contributed by atoms with E-state index in [1.165, 1.54) is 23.5 Å². The first-order valence-corrected chi connectivity index (χ1v) is 9.73. The molecule has 29 heavy (non-hydrogen) atoms. The Kier molecular flexibility index (Phi) is 4.50. The Hall–Kier alpha value is -3.39. The average molecular weight is 410 g/mol. The second-order valence-corrected chi connectivity index (χ2v) is 8.15. The van der Waals surface area contributed by atoms with Crippen LogP contribution in [0.15, 0.2) is 44.3 Å². The minimum absolute atomic E-state index is 0.154. The summed E-state index contributed by atoms with van der Waals surface area (Å²) in [5.74, 6) is -1.24. The van der Waals surface area contributed by atoms with Crippen LogP contribution in [0.4, 0.5) is 0 Å². The minimum atomic E-state index is -1.21. The summed E-state index contributed by atoms with van der Waals surface area (Å²) in [4.78, 5) is 41.0. The zero-order chi connectivity index (χ0) is 20.9. The fourth-order valence-electron chi connectivity index (χ4n) is 3.35. The lowest BCUT2D eigenvalue weighted by atomic mass is 9.99. The fourth-order valence-corrected chi connectivity index (χ4v) is 4.41. The number of nitrogens with one attached hydrogen (secondary N) is 1. The highest BCUT2D eigenvalue weighted by Gasteiger charge is 2.19. The van der Waals surface area contributed by atoms with E-state index < -0.39 is 17.2 Å². The summed E-state index contributed by atoms with van der Waals surface area (Å²) in [6, 6.07) is 8.75. The van der Waals surface area contributed by atoms with Crippen LogP contribution < -0.4 is 11.2 Å². The molecule has 0 aliphatic carbocycles. The largest absolute Gasteiger partial charge is 0.475 e. The molecule has 0 saturated carbocycles. The standard InChI is InChI=1S/C21H18N2O5S/c1-10-4-5-13(8-11(10)2)16-12(3)29-18-17(16)19(24)23(21(27)22-18)9-14-6-7-15(28-14)20(25)26/h4-8H,9H2,1-3H3,(H,22,27)(H,25,26). The molecular formula is C21H18N2O5S. The summed E-state index contributed by atoms with van der Waals surface area (Å²) >= 11 is 1.36. The van der Waals surface area contributed by atoms with Gasteiger partial charge in [0.1, 0.15) is 10.6 Å². The number of aromatic nitrogens is 2. The lowest BCUT2D eigenvalue weighted by molar-refractivity contribution is 0.0660. The fraction of sp³-hybridized carbons (Fsp3) is 0.190. The number of carboxylic acids is 1. The van der Waals surface area contributed by atoms with Crippen LogP contribution >= 0.6 is 11.3 Å². The van der Waals surface area contributed by atoms with Crippen LogP contribution in [0.5, 0.6) is 0 Å². The van der Waals surface area contributed by atoms with Gasteiger partial charge in [-0.3, -0.25) is 14.3 Å². The molecular weight excluding hydrogens is 392 g/mol. The molecule has 0 fully saturated rings. The van der Waals surface area contributed by atoms with Crippen molar-refractivity contribution < 1.29 is 14.3 Å². The molecule has 0 unspecified atom stereocenters. The number of hydrogen-bond donors (Lipinski definition) is 2. The molecule has 0 amide bonds. The molecule has 3 heterocycles. The highest BCUT2D eigenvalue weighted by Crippen LogP contribution is 2.35. The van der Waals surface area contributed by atoms with Crippen LogP contribution in [0.25, 0.3) is 21.3 Å². The molecule has 0 aliphatic rings. The van der Waals surface area contributed by atoms with E-state index in [9.17, 15) is 14.4 Å². The average Bonchev–Trinajstić information content (AvgIpc) is 3.25. The molecule has 0 spiro atoms. The van der Waals surface area contributed by atoms with Gasteiger partial charge in [0.25, 0.3) is 5.56 Å². The molecule has 0 aliphatic heterocycles. The van der Waals surface area contributed by atoms with Crippen molar-refractivity contribution in [3.63, 3.8) is 0 Å². The van der Waals surface area contributed by atoms with Crippen molar-refractivity contribution in [2.24, 2.45) is 0 Å². The smallest absolute Gasteiger partial charge is 0.371 e. The number of aryl methyl sites for hydroxylation is 3. The summed E-state index contributed by atoms with van der Waals surface area (Å²) in [6.07, 6.45) is 0. The Morgan fingerprint density at radius 3 is 2.55 bits per heavy atom. The Morgan fingerprint density at radius 2 is 1.90 bits per heavy atom. The van der Waals surface area contributed by atoms with E-state index in [0.717, 1.165) is 31.7 Å². The first-order valence-electron chi connectivity index (χ1n) is 8.92. The lowest BCUT2D eigenvalue weighted by Crippen LogP contribution is -2.35. The van der Waals surface area contributed by atoms with Gasteiger partial charge in [0.2, 0.25) is 5.76 Å². The minimum Gasteiger partial charge on any atom is -0.475 e. The number of furan rings is 1. The van der Waals surface area contributed by atoms with E-state index in [1.807, 2.05) is 39.0 Å². The van der Waals surface area contributed by atoms with Crippen molar-refractivity contribution in [1.82, 2.24) is 9.55 Å². The molecule has 4 aromatic rings. The number of thiophene rings is 1. The number of aromatic carboxylic acids is 1. The van der Waals surface area contributed by atoms with Crippen molar-refractivity contribution in [1.29, 1.82) is 0 Å². The van der Waals surface area contributed by atoms with Gasteiger partial charge < -0.3 is 9.52 Å². The van der Waals surface area contributed by atoms with Crippen LogP contribution in [0, 0.1) is 20.8 Å². The Labute approximate surface area is 168 Å². The number of H-pyrrole nitrogens is 1. The molecule has 1 aromatic carbocycles. The number of carbonyl (C=O) groups is 1. The monoisotopic (exact) mass is 410 g/mol. The van der Waals surface area contributed by atoms with Gasteiger partial charge in [-0.15, -0.1) is 11.3 Å². The summed E-state index contributed by atoms with van der Waals surface area (Å²) in [6.45, 7) is 5.80. The van der Waals surface area contributed by atoms with Crippen molar-refractivity contribution >= 4 is 27.5 Å². The highest BCUT2D eigenvalue weighted by atomic mass is 32.1. The van der Waals surface area contributed by atoms with Gasteiger partial charge in [0.05, 0.1) is 11.9 Å². The van der Waals surface area contributed by atoms with Gasteiger partial charge in [0, 0.05) is 10.4 Å². The van der Waals surface area contributed by atoms with Crippen molar-refractivity contribution in [2.45, 2.75) is 27.3 Å². The summed E-state index contributed by atoms with van der Waals surface area (Å²) in [5.41, 5.74) is 2.98. The van der Waals surface area contributed by atoms with Gasteiger partial charge >= 0.3 is 11.7 Å². The van der Waals surface area contributed by atoms with Crippen molar-refractivity contribution in [2.75, 3.05) is 0 Å². The number of aromatic amines is 1. The zero-order valence-electron chi connectivity index (χ0n) is 16.0. The second kappa shape index (κ2) is 6.89. The highest BCUT2D eigenvalue weighted by molar-refractivity contribution is 7.19. The van der Waals surface area contributed by atoms with E-state index in [0.29, 0.717) is 10.2 Å². The molecule has 148 valence electrons. The van der Waals surface area contributed by atoms with Gasteiger partial charge in [-0.1, -0.05) is 18.2 Å². The molecule has 0 bridgehead atoms. The summed E-state index contributed by atoms with van der Waals surface area (Å²) in [5, 5.41) is 9.44. The molecule has 3 aromatic heterocycles. The molecule has 0 atom stereocenters. The Morgan fingerprint density at radius 1 is 1.14 bits per heavy atom. The molecule has 0 saturated heterocycles. The first kappa shape index (κ1) is 18.9. The number of fused-ring (bicyclic) bond motifs is 1.